The highest BCUT2D eigenvalue weighted by molar-refractivity contribution is 14.0. The lowest BCUT2D eigenvalue weighted by Gasteiger charge is -2.20. The first kappa shape index (κ1) is 22.1. The van der Waals surface area contributed by atoms with E-state index in [1.807, 2.05) is 4.90 Å². The molecular formula is C18H29FIN5O2. The van der Waals surface area contributed by atoms with Gasteiger partial charge >= 0.3 is 0 Å². The number of halogens is 2. The fraction of sp³-hybridized carbons (Fsp3) is 0.667. The number of hydrogen-bond donors (Lipinski definition) is 2. The Kier molecular flexibility index (Phi) is 9.49. The zero-order chi connectivity index (χ0) is 18.2. The van der Waals surface area contributed by atoms with Crippen LogP contribution in [0.3, 0.4) is 0 Å². The standard InChI is InChI=1S/C18H28FN5O2.HI/c1-20-18(22-8-11-25-13-15-4-3-10-26-15)23-14-6-9-24(12-14)17-16(19)5-2-7-21-17;/h2,5,7,14-15H,3-4,6,8-13H2,1H3,(H2,20,22,23);1H. The summed E-state index contributed by atoms with van der Waals surface area (Å²) in [5.41, 5.74) is 0. The highest BCUT2D eigenvalue weighted by Crippen LogP contribution is 2.20. The quantitative estimate of drug-likeness (QED) is 0.261. The van der Waals surface area contributed by atoms with Crippen molar-refractivity contribution in [3.8, 4) is 0 Å². The van der Waals surface area contributed by atoms with E-state index in [0.29, 0.717) is 32.1 Å². The Morgan fingerprint density at radius 3 is 3.11 bits per heavy atom. The Hall–Kier alpha value is -1.20. The van der Waals surface area contributed by atoms with Crippen molar-refractivity contribution >= 4 is 35.8 Å². The number of ether oxygens (including phenoxy) is 2. The van der Waals surface area contributed by atoms with Crippen LogP contribution in [-0.4, -0.2) is 69.6 Å². The highest BCUT2D eigenvalue weighted by Gasteiger charge is 2.25. The summed E-state index contributed by atoms with van der Waals surface area (Å²) in [6, 6.07) is 3.26. The van der Waals surface area contributed by atoms with Crippen LogP contribution in [0.15, 0.2) is 23.3 Å². The first-order valence-electron chi connectivity index (χ1n) is 9.28. The molecule has 0 aliphatic carbocycles. The molecule has 0 spiro atoms. The van der Waals surface area contributed by atoms with E-state index in [1.165, 1.54) is 6.07 Å². The summed E-state index contributed by atoms with van der Waals surface area (Å²) < 4.78 is 25.0. The van der Waals surface area contributed by atoms with Gasteiger partial charge in [0.1, 0.15) is 0 Å². The van der Waals surface area contributed by atoms with Crippen molar-refractivity contribution in [2.24, 2.45) is 4.99 Å². The molecule has 27 heavy (non-hydrogen) atoms. The second kappa shape index (κ2) is 11.6. The van der Waals surface area contributed by atoms with Crippen LogP contribution in [0.2, 0.25) is 0 Å². The number of nitrogens with one attached hydrogen (secondary N) is 2. The molecule has 1 aromatic heterocycles. The topological polar surface area (TPSA) is 71.0 Å². The molecule has 0 bridgehead atoms. The highest BCUT2D eigenvalue weighted by atomic mass is 127. The Bertz CT molecular complexity index is 601. The van der Waals surface area contributed by atoms with Gasteiger partial charge < -0.3 is 25.0 Å². The lowest BCUT2D eigenvalue weighted by atomic mass is 10.2. The van der Waals surface area contributed by atoms with E-state index in [4.69, 9.17) is 9.47 Å². The van der Waals surface area contributed by atoms with Crippen LogP contribution >= 0.6 is 24.0 Å². The normalized spacial score (nSPS) is 22.6. The SMILES string of the molecule is CN=C(NCCOCC1CCCO1)NC1CCN(c2ncccc2F)C1.I. The summed E-state index contributed by atoms with van der Waals surface area (Å²) in [7, 11) is 1.74. The number of aliphatic imine (C=N–C) groups is 1. The third-order valence-electron chi connectivity index (χ3n) is 4.66. The molecule has 0 saturated carbocycles. The number of aromatic nitrogens is 1. The molecular weight excluding hydrogens is 464 g/mol. The number of anilines is 1. The first-order valence-corrected chi connectivity index (χ1v) is 9.28. The summed E-state index contributed by atoms with van der Waals surface area (Å²) in [6.07, 6.45) is 5.00. The molecule has 152 valence electrons. The van der Waals surface area contributed by atoms with E-state index in [0.717, 1.165) is 38.4 Å². The second-order valence-corrected chi connectivity index (χ2v) is 6.59. The Balaban J connectivity index is 0.00000261. The van der Waals surface area contributed by atoms with Gasteiger partial charge in [0.05, 0.1) is 19.3 Å². The van der Waals surface area contributed by atoms with Gasteiger partial charge in [0, 0.05) is 45.5 Å². The lowest BCUT2D eigenvalue weighted by Crippen LogP contribution is -2.45. The number of hydrogen-bond acceptors (Lipinski definition) is 5. The Morgan fingerprint density at radius 1 is 1.48 bits per heavy atom. The van der Waals surface area contributed by atoms with Gasteiger partial charge in [0.25, 0.3) is 0 Å². The maximum absolute atomic E-state index is 13.9. The van der Waals surface area contributed by atoms with Crippen molar-refractivity contribution in [3.63, 3.8) is 0 Å². The molecule has 0 amide bonds. The molecule has 2 aliphatic heterocycles. The predicted octanol–water partition coefficient (Wildman–Crippen LogP) is 1.78. The van der Waals surface area contributed by atoms with Crippen molar-refractivity contribution in [1.82, 2.24) is 15.6 Å². The average Bonchev–Trinajstić information content (AvgIpc) is 3.33. The Labute approximate surface area is 177 Å². The molecule has 2 atom stereocenters. The molecule has 3 rings (SSSR count). The summed E-state index contributed by atoms with van der Waals surface area (Å²) in [5, 5.41) is 6.64. The molecule has 2 N–H and O–H groups in total. The van der Waals surface area contributed by atoms with Crippen LogP contribution < -0.4 is 15.5 Å². The molecule has 2 unspecified atom stereocenters. The van der Waals surface area contributed by atoms with E-state index < -0.39 is 0 Å². The summed E-state index contributed by atoms with van der Waals surface area (Å²) in [5.74, 6) is 0.875. The number of guanidine groups is 1. The fourth-order valence-electron chi connectivity index (χ4n) is 3.30. The van der Waals surface area contributed by atoms with Crippen molar-refractivity contribution < 1.29 is 13.9 Å². The van der Waals surface area contributed by atoms with E-state index in [-0.39, 0.29) is 41.9 Å². The maximum Gasteiger partial charge on any atom is 0.191 e. The zero-order valence-corrected chi connectivity index (χ0v) is 18.0. The van der Waals surface area contributed by atoms with Gasteiger partial charge in [-0.15, -0.1) is 24.0 Å². The number of rotatable bonds is 7. The monoisotopic (exact) mass is 493 g/mol. The van der Waals surface area contributed by atoms with Crippen LogP contribution in [0.25, 0.3) is 0 Å². The average molecular weight is 493 g/mol. The van der Waals surface area contributed by atoms with E-state index in [1.54, 1.807) is 19.3 Å². The van der Waals surface area contributed by atoms with Gasteiger partial charge in [-0.2, -0.15) is 0 Å². The molecule has 7 nitrogen and oxygen atoms in total. The minimum absolute atomic E-state index is 0. The summed E-state index contributed by atoms with van der Waals surface area (Å²) in [6.45, 7) is 4.26. The van der Waals surface area contributed by atoms with Crippen LogP contribution in [0.4, 0.5) is 10.2 Å². The summed E-state index contributed by atoms with van der Waals surface area (Å²) >= 11 is 0. The predicted molar refractivity (Wildman–Crippen MR) is 115 cm³/mol. The molecule has 2 fully saturated rings. The van der Waals surface area contributed by atoms with Gasteiger partial charge in [0.15, 0.2) is 17.6 Å². The number of nitrogens with zero attached hydrogens (tertiary/aromatic N) is 3. The van der Waals surface area contributed by atoms with Crippen LogP contribution in [0.1, 0.15) is 19.3 Å². The van der Waals surface area contributed by atoms with Crippen LogP contribution in [-0.2, 0) is 9.47 Å². The van der Waals surface area contributed by atoms with Crippen molar-refractivity contribution in [1.29, 1.82) is 0 Å². The largest absolute Gasteiger partial charge is 0.377 e. The molecule has 2 saturated heterocycles. The van der Waals surface area contributed by atoms with Crippen LogP contribution in [0.5, 0.6) is 0 Å². The molecule has 3 heterocycles. The molecule has 0 aromatic carbocycles. The third-order valence-corrected chi connectivity index (χ3v) is 4.66. The van der Waals surface area contributed by atoms with Gasteiger partial charge in [-0.1, -0.05) is 0 Å². The van der Waals surface area contributed by atoms with E-state index in [9.17, 15) is 4.39 Å². The van der Waals surface area contributed by atoms with Crippen molar-refractivity contribution in [3.05, 3.63) is 24.1 Å². The van der Waals surface area contributed by atoms with Crippen molar-refractivity contribution in [2.45, 2.75) is 31.4 Å². The Morgan fingerprint density at radius 2 is 2.37 bits per heavy atom. The lowest BCUT2D eigenvalue weighted by molar-refractivity contribution is 0.0191. The van der Waals surface area contributed by atoms with E-state index in [2.05, 4.69) is 20.6 Å². The molecule has 2 aliphatic rings. The molecule has 9 heteroatoms. The zero-order valence-electron chi connectivity index (χ0n) is 15.7. The van der Waals surface area contributed by atoms with E-state index >= 15 is 0 Å². The van der Waals surface area contributed by atoms with Gasteiger partial charge in [-0.25, -0.2) is 9.37 Å². The molecule has 1 aromatic rings. The second-order valence-electron chi connectivity index (χ2n) is 6.59. The van der Waals surface area contributed by atoms with Gasteiger partial charge in [-0.3, -0.25) is 4.99 Å². The first-order chi connectivity index (χ1) is 12.8. The van der Waals surface area contributed by atoms with Gasteiger partial charge in [-0.05, 0) is 31.4 Å². The molecule has 0 radical (unpaired) electrons. The summed E-state index contributed by atoms with van der Waals surface area (Å²) in [4.78, 5) is 10.4. The van der Waals surface area contributed by atoms with Gasteiger partial charge in [0.2, 0.25) is 0 Å². The number of pyridine rings is 1. The van der Waals surface area contributed by atoms with Crippen molar-refractivity contribution in [2.75, 3.05) is 51.4 Å². The minimum Gasteiger partial charge on any atom is -0.377 e. The van der Waals surface area contributed by atoms with Crippen LogP contribution in [0, 0.1) is 5.82 Å². The third kappa shape index (κ3) is 6.72. The fourth-order valence-corrected chi connectivity index (χ4v) is 3.30. The minimum atomic E-state index is -0.279. The maximum atomic E-state index is 13.9. The smallest absolute Gasteiger partial charge is 0.191 e.